The third kappa shape index (κ3) is 176. The van der Waals surface area contributed by atoms with E-state index in [-0.39, 0.29) is 491 Å². The Morgan fingerprint density at radius 1 is 0.500 bits per heavy atom. The molecule has 0 saturated carbocycles. The van der Waals surface area contributed by atoms with Crippen molar-refractivity contribution < 1.29 is 64.2 Å². The largest absolute Gasteiger partial charge is 2.00 e. The van der Waals surface area contributed by atoms with E-state index in [1.807, 2.05) is 0 Å². The summed E-state index contributed by atoms with van der Waals surface area (Å²) in [7, 11) is -10.8. The molecule has 0 aliphatic carbocycles. The van der Waals surface area contributed by atoms with Crippen molar-refractivity contribution in [3.8, 4) is 0 Å². The number of hydrogen-bond donors (Lipinski definition) is 0. The Hall–Kier alpha value is 15.5. The van der Waals surface area contributed by atoms with Gasteiger partial charge in [-0.05, 0) is 0 Å². The molecule has 0 fully saturated rings. The molecule has 0 aromatic carbocycles. The second-order valence-electron chi connectivity index (χ2n) is 0.894. The summed E-state index contributed by atoms with van der Waals surface area (Å²) in [5.41, 5.74) is 0. The fraction of sp³-hybridized carbons (Fsp3) is 0. The SMILES string of the molecule is O=P([O-])([O-])[O-].O=P([O-])([O-])[O-].[Ba+2].[Ba+2].[Ba+2].[Ca+2].[Ca+2].[Ca+2].[H-].[H-].[H-].[H-].[H-].[H-].[H-].[H-].[H-].[H-].[H-].[H-].[H-].[H-].[H-].[H-].[H-].[H-].[Mg+2].[Mg+2].[Mg+2].[Sr+2].[Sr+2].[Sr+2]. The van der Waals surface area contributed by atoms with Crippen LogP contribution >= 0.6 is 15.6 Å². The molecule has 100 valence electrons. The molecule has 0 aromatic heterocycles. The number of phosphoric acid groups is 2. The van der Waals surface area contributed by atoms with E-state index in [0.717, 1.165) is 0 Å². The van der Waals surface area contributed by atoms with E-state index in [1.165, 1.54) is 0 Å². The average Bonchev–Trinajstić information content (AvgIpc) is 1.12. The first-order valence-corrected chi connectivity index (χ1v) is 4.38. The molecule has 0 saturated heterocycles. The molecular weight excluding hydrogens is 1060 g/mol. The molecule has 0 aliphatic rings. The van der Waals surface area contributed by atoms with E-state index in [2.05, 4.69) is 0 Å². The van der Waals surface area contributed by atoms with Crippen LogP contribution in [0.4, 0.5) is 0 Å². The molecule has 0 amide bonds. The molecule has 0 bridgehead atoms. The molecule has 0 radical (unpaired) electrons. The van der Waals surface area contributed by atoms with Crippen LogP contribution in [0.15, 0.2) is 0 Å². The minimum absolute atomic E-state index is 0. The topological polar surface area (TPSA) is 172 Å². The summed E-state index contributed by atoms with van der Waals surface area (Å²) in [6.45, 7) is 0. The Labute approximate surface area is 527 Å². The van der Waals surface area contributed by atoms with E-state index >= 15 is 0 Å². The molecule has 0 atom stereocenters. The summed E-state index contributed by atoms with van der Waals surface area (Å²) >= 11 is 0. The van der Waals surface area contributed by atoms with Gasteiger partial charge in [0.25, 0.3) is 0 Å². The average molecular weight is 1080 g/mol. The fourth-order valence-electron chi connectivity index (χ4n) is 0. The van der Waals surface area contributed by atoms with Gasteiger partial charge in [-0.1, -0.05) is 0 Å². The predicted octanol–water partition coefficient (Wildman–Crippen LogP) is -8.19. The summed E-state index contributed by atoms with van der Waals surface area (Å²) in [6.07, 6.45) is 0. The Bertz CT molecular complexity index is 205. The molecule has 0 unspecified atom stereocenters. The molecule has 22 heavy (non-hydrogen) atoms. The first-order valence-electron chi connectivity index (χ1n) is 1.46. The Balaban J connectivity index is -0.000000000610. The predicted molar refractivity (Wildman–Crippen MR) is 104 cm³/mol. The maximum atomic E-state index is 8.55. The molecule has 8 nitrogen and oxygen atoms in total. The van der Waals surface area contributed by atoms with Crippen molar-refractivity contribution in [3.63, 3.8) is 0 Å². The standard InChI is InChI=1S/3Ba.3Ca.3Mg.2H3O4P.3Sr.18H/c;;;;;;;;;2*1-5(2,3)4;;;;;;;;;;;;;;;;;;;;;/h;;;;;;;;;2*(H3,1,2,3,4);;;;;;;;;;;;;;;;;;;;;/q9*+2;;;3*+2;18*-1/p-6. The molecule has 0 spiro atoms. The molecule has 0 aliphatic heterocycles. The van der Waals surface area contributed by atoms with Gasteiger partial charge in [-0.2, -0.15) is 15.6 Å². The van der Waals surface area contributed by atoms with Gasteiger partial charge in [0.1, 0.15) is 0 Å². The molecule has 0 heterocycles. The first kappa shape index (κ1) is 90.5. The maximum Gasteiger partial charge on any atom is 2.00 e. The van der Waals surface area contributed by atoms with Crippen LogP contribution in [0.1, 0.15) is 25.7 Å². The van der Waals surface area contributed by atoms with E-state index in [0.29, 0.717) is 0 Å². The minimum Gasteiger partial charge on any atom is -1.00 e. The Morgan fingerprint density at radius 2 is 0.500 bits per heavy atom. The van der Waals surface area contributed by atoms with Crippen LogP contribution in [0.25, 0.3) is 0 Å². The smallest absolute Gasteiger partial charge is 1.00 e. The van der Waals surface area contributed by atoms with Crippen LogP contribution in [-0.2, 0) is 9.13 Å². The minimum atomic E-state index is -5.39. The van der Waals surface area contributed by atoms with Gasteiger partial charge in [-0.15, -0.1) is 0 Å². The quantitative estimate of drug-likeness (QED) is 0.170. The van der Waals surface area contributed by atoms with Crippen molar-refractivity contribution in [2.75, 3.05) is 0 Å². The second kappa shape index (κ2) is 60.8. The summed E-state index contributed by atoms with van der Waals surface area (Å²) in [6, 6.07) is 0. The number of hydrogen-bond acceptors (Lipinski definition) is 8. The van der Waals surface area contributed by atoms with E-state index in [9.17, 15) is 0 Å². The van der Waals surface area contributed by atoms with Crippen LogP contribution in [0.5, 0.6) is 0 Å². The van der Waals surface area contributed by atoms with Crippen LogP contribution < -0.4 is 29.4 Å². The summed E-state index contributed by atoms with van der Waals surface area (Å²) in [4.78, 5) is 51.3. The van der Waals surface area contributed by atoms with E-state index in [4.69, 9.17) is 38.5 Å². The molecular formula is H18Ba3Ca3Mg3O8P2Sr3. The summed E-state index contributed by atoms with van der Waals surface area (Å²) < 4.78 is 17.1. The van der Waals surface area contributed by atoms with Crippen molar-refractivity contribution >= 4 is 481 Å². The molecule has 22 heteroatoms. The van der Waals surface area contributed by atoms with Crippen LogP contribution in [0.2, 0.25) is 0 Å². The van der Waals surface area contributed by atoms with Gasteiger partial charge in [0, 0.05) is 0 Å². The zero-order valence-electron chi connectivity index (χ0n) is 30.6. The van der Waals surface area contributed by atoms with Crippen molar-refractivity contribution in [1.82, 2.24) is 0 Å². The zero-order chi connectivity index (χ0) is 9.00. The van der Waals surface area contributed by atoms with Crippen LogP contribution in [0.3, 0.4) is 0 Å². The van der Waals surface area contributed by atoms with Crippen molar-refractivity contribution in [2.24, 2.45) is 0 Å². The third-order valence-corrected chi connectivity index (χ3v) is 0. The Morgan fingerprint density at radius 3 is 0.500 bits per heavy atom. The van der Waals surface area contributed by atoms with Gasteiger partial charge < -0.3 is 64.2 Å². The van der Waals surface area contributed by atoms with Crippen molar-refractivity contribution in [3.05, 3.63) is 0 Å². The normalized spacial score (nSPS) is 5.36. The summed E-state index contributed by atoms with van der Waals surface area (Å²) in [5.74, 6) is 0. The van der Waals surface area contributed by atoms with Gasteiger partial charge in [0.2, 0.25) is 0 Å². The molecule has 0 aromatic rings. The van der Waals surface area contributed by atoms with Crippen LogP contribution in [0, 0.1) is 0 Å². The molecule has 0 N–H and O–H groups in total. The van der Waals surface area contributed by atoms with Crippen molar-refractivity contribution in [2.45, 2.75) is 0 Å². The number of rotatable bonds is 0. The first-order chi connectivity index (χ1) is 4.00. The van der Waals surface area contributed by atoms with Gasteiger partial charge in [0.05, 0.1) is 0 Å². The van der Waals surface area contributed by atoms with Gasteiger partial charge >= 0.3 is 465 Å². The van der Waals surface area contributed by atoms with E-state index < -0.39 is 15.6 Å². The maximum absolute atomic E-state index is 8.55. The van der Waals surface area contributed by atoms with E-state index in [1.54, 1.807) is 0 Å². The van der Waals surface area contributed by atoms with Gasteiger partial charge in [-0.3, -0.25) is 0 Å². The third-order valence-electron chi connectivity index (χ3n) is 0. The fourth-order valence-corrected chi connectivity index (χ4v) is 0. The molecule has 0 rings (SSSR count). The van der Waals surface area contributed by atoms with Crippen LogP contribution in [-0.4, -0.2) is 465 Å². The second-order valence-corrected chi connectivity index (χ2v) is 2.68. The Kier molecular flexibility index (Phi) is 250. The van der Waals surface area contributed by atoms with Gasteiger partial charge in [-0.25, -0.2) is 0 Å². The zero-order valence-corrected chi connectivity index (χ0v) is 49.1. The van der Waals surface area contributed by atoms with Crippen molar-refractivity contribution in [1.29, 1.82) is 0 Å². The summed E-state index contributed by atoms with van der Waals surface area (Å²) in [5, 5.41) is 0. The monoisotopic (exact) mass is 1080 g/mol. The van der Waals surface area contributed by atoms with Gasteiger partial charge in [0.15, 0.2) is 0 Å².